The Balaban J connectivity index is 2.28. The van der Waals surface area contributed by atoms with Crippen molar-refractivity contribution in [2.45, 2.75) is 26.2 Å². The molecule has 1 fully saturated rings. The van der Waals surface area contributed by atoms with Gasteiger partial charge in [-0.15, -0.1) is 0 Å². The normalized spacial score (nSPS) is 16.2. The van der Waals surface area contributed by atoms with Gasteiger partial charge < -0.3 is 4.90 Å². The van der Waals surface area contributed by atoms with Crippen molar-refractivity contribution >= 4 is 23.2 Å². The van der Waals surface area contributed by atoms with Crippen molar-refractivity contribution in [1.82, 2.24) is 4.98 Å². The third-order valence-electron chi connectivity index (χ3n) is 2.87. The van der Waals surface area contributed by atoms with Gasteiger partial charge in [-0.3, -0.25) is 4.79 Å². The molecule has 0 spiro atoms. The second kappa shape index (κ2) is 4.83. The van der Waals surface area contributed by atoms with E-state index < -0.39 is 0 Å². The smallest absolute Gasteiger partial charge is 0.160 e. The summed E-state index contributed by atoms with van der Waals surface area (Å²) in [6.07, 6.45) is 3.64. The zero-order chi connectivity index (χ0) is 11.5. The molecule has 0 radical (unpaired) electrons. The van der Waals surface area contributed by atoms with Gasteiger partial charge in [-0.2, -0.15) is 0 Å². The first kappa shape index (κ1) is 11.4. The maximum absolute atomic E-state index is 11.3. The molecule has 1 aliphatic rings. The third kappa shape index (κ3) is 2.53. The second-order valence-corrected chi connectivity index (χ2v) is 4.53. The van der Waals surface area contributed by atoms with E-state index in [0.717, 1.165) is 18.9 Å². The molecule has 0 unspecified atom stereocenters. The Morgan fingerprint density at radius 1 is 1.31 bits per heavy atom. The zero-order valence-corrected chi connectivity index (χ0v) is 10.1. The highest BCUT2D eigenvalue weighted by atomic mass is 35.5. The van der Waals surface area contributed by atoms with Crippen LogP contribution in [0.3, 0.4) is 0 Å². The summed E-state index contributed by atoms with van der Waals surface area (Å²) in [5, 5.41) is 0.397. The first-order valence-electron chi connectivity index (χ1n) is 5.60. The lowest BCUT2D eigenvalue weighted by atomic mass is 10.1. The van der Waals surface area contributed by atoms with Gasteiger partial charge in [0.1, 0.15) is 11.0 Å². The van der Waals surface area contributed by atoms with Crippen LogP contribution in [0.4, 0.5) is 5.82 Å². The minimum atomic E-state index is 0.0301. The number of ketones is 1. The van der Waals surface area contributed by atoms with E-state index >= 15 is 0 Å². The first-order valence-corrected chi connectivity index (χ1v) is 5.98. The molecular formula is C12H15ClN2O. The lowest BCUT2D eigenvalue weighted by Gasteiger charge is -2.28. The van der Waals surface area contributed by atoms with E-state index in [2.05, 4.69) is 9.88 Å². The predicted molar refractivity (Wildman–Crippen MR) is 65.3 cm³/mol. The molecule has 0 aliphatic carbocycles. The van der Waals surface area contributed by atoms with Gasteiger partial charge in [0.2, 0.25) is 0 Å². The van der Waals surface area contributed by atoms with E-state index in [4.69, 9.17) is 11.6 Å². The van der Waals surface area contributed by atoms with Gasteiger partial charge in [0.25, 0.3) is 0 Å². The van der Waals surface area contributed by atoms with E-state index in [-0.39, 0.29) is 5.78 Å². The largest absolute Gasteiger partial charge is 0.357 e. The van der Waals surface area contributed by atoms with Gasteiger partial charge in [-0.1, -0.05) is 11.6 Å². The molecule has 3 nitrogen and oxygen atoms in total. The van der Waals surface area contributed by atoms with Gasteiger partial charge in [-0.25, -0.2) is 4.98 Å². The Bertz CT molecular complexity index is 400. The minimum absolute atomic E-state index is 0.0301. The molecule has 0 atom stereocenters. The number of nitrogens with zero attached hydrogens (tertiary/aromatic N) is 2. The molecule has 1 aliphatic heterocycles. The topological polar surface area (TPSA) is 33.2 Å². The number of hydrogen-bond acceptors (Lipinski definition) is 3. The molecule has 0 amide bonds. The van der Waals surface area contributed by atoms with Crippen molar-refractivity contribution < 1.29 is 4.79 Å². The minimum Gasteiger partial charge on any atom is -0.357 e. The van der Waals surface area contributed by atoms with Crippen LogP contribution in [0.2, 0.25) is 5.15 Å². The number of anilines is 1. The van der Waals surface area contributed by atoms with Crippen molar-refractivity contribution in [3.05, 3.63) is 22.8 Å². The van der Waals surface area contributed by atoms with Gasteiger partial charge in [0.15, 0.2) is 5.78 Å². The van der Waals surface area contributed by atoms with Crippen LogP contribution in [0.1, 0.15) is 36.5 Å². The molecular weight excluding hydrogens is 224 g/mol. The fraction of sp³-hybridized carbons (Fsp3) is 0.500. The van der Waals surface area contributed by atoms with E-state index in [0.29, 0.717) is 10.7 Å². The van der Waals surface area contributed by atoms with Crippen molar-refractivity contribution in [3.63, 3.8) is 0 Å². The fourth-order valence-corrected chi connectivity index (χ4v) is 2.18. The Hall–Kier alpha value is -1.09. The Kier molecular flexibility index (Phi) is 3.44. The monoisotopic (exact) mass is 238 g/mol. The highest BCUT2D eigenvalue weighted by Gasteiger charge is 2.14. The van der Waals surface area contributed by atoms with E-state index in [1.54, 1.807) is 13.0 Å². The highest BCUT2D eigenvalue weighted by Crippen LogP contribution is 2.21. The Labute approximate surface area is 100 Å². The second-order valence-electron chi connectivity index (χ2n) is 4.14. The number of pyridine rings is 1. The van der Waals surface area contributed by atoms with Crippen LogP contribution in [0.5, 0.6) is 0 Å². The van der Waals surface area contributed by atoms with Crippen LogP contribution >= 0.6 is 11.6 Å². The number of hydrogen-bond donors (Lipinski definition) is 0. The van der Waals surface area contributed by atoms with Gasteiger partial charge in [0, 0.05) is 18.7 Å². The summed E-state index contributed by atoms with van der Waals surface area (Å²) >= 11 is 5.92. The molecule has 4 heteroatoms. The third-order valence-corrected chi connectivity index (χ3v) is 3.06. The lowest BCUT2D eigenvalue weighted by Crippen LogP contribution is -2.30. The molecule has 2 heterocycles. The molecule has 1 saturated heterocycles. The van der Waals surface area contributed by atoms with Crippen LogP contribution < -0.4 is 4.90 Å². The molecule has 1 aromatic heterocycles. The van der Waals surface area contributed by atoms with E-state index in [1.165, 1.54) is 19.3 Å². The summed E-state index contributed by atoms with van der Waals surface area (Å²) < 4.78 is 0. The van der Waals surface area contributed by atoms with Crippen molar-refractivity contribution in [2.75, 3.05) is 18.0 Å². The van der Waals surface area contributed by atoms with Crippen LogP contribution in [-0.2, 0) is 0 Å². The molecule has 16 heavy (non-hydrogen) atoms. The Morgan fingerprint density at radius 3 is 2.62 bits per heavy atom. The lowest BCUT2D eigenvalue weighted by molar-refractivity contribution is 0.101. The summed E-state index contributed by atoms with van der Waals surface area (Å²) in [4.78, 5) is 17.8. The van der Waals surface area contributed by atoms with Crippen molar-refractivity contribution in [3.8, 4) is 0 Å². The molecule has 0 bridgehead atoms. The first-order chi connectivity index (χ1) is 7.66. The number of piperidine rings is 1. The summed E-state index contributed by atoms with van der Waals surface area (Å²) in [5.41, 5.74) is 0.639. The fourth-order valence-electron chi connectivity index (χ4n) is 1.97. The van der Waals surface area contributed by atoms with Crippen molar-refractivity contribution in [2.24, 2.45) is 0 Å². The summed E-state index contributed by atoms with van der Waals surface area (Å²) in [6, 6.07) is 3.46. The van der Waals surface area contributed by atoms with Crippen LogP contribution in [0.15, 0.2) is 12.1 Å². The molecule has 0 N–H and O–H groups in total. The number of Topliss-reactive ketones (excluding diaryl/α,β-unsaturated/α-hetero) is 1. The molecule has 2 rings (SSSR count). The van der Waals surface area contributed by atoms with Gasteiger partial charge >= 0.3 is 0 Å². The van der Waals surface area contributed by atoms with Gasteiger partial charge in [0.05, 0.1) is 0 Å². The van der Waals surface area contributed by atoms with E-state index in [9.17, 15) is 4.79 Å². The summed E-state index contributed by atoms with van der Waals surface area (Å²) in [7, 11) is 0. The number of carbonyl (C=O) groups excluding carboxylic acids is 1. The maximum Gasteiger partial charge on any atom is 0.160 e. The Morgan fingerprint density at radius 2 is 2.00 bits per heavy atom. The molecule has 1 aromatic rings. The standard InChI is InChI=1S/C12H15ClN2O/c1-9(16)10-7-11(13)14-12(8-10)15-5-3-2-4-6-15/h7-8H,2-6H2,1H3. The van der Waals surface area contributed by atoms with Crippen LogP contribution in [0, 0.1) is 0 Å². The van der Waals surface area contributed by atoms with Crippen molar-refractivity contribution in [1.29, 1.82) is 0 Å². The number of rotatable bonds is 2. The number of carbonyl (C=O) groups is 1. The molecule has 0 saturated carbocycles. The number of halogens is 1. The van der Waals surface area contributed by atoms with Gasteiger partial charge in [-0.05, 0) is 38.3 Å². The SMILES string of the molecule is CC(=O)c1cc(Cl)nc(N2CCCCC2)c1. The summed E-state index contributed by atoms with van der Waals surface area (Å²) in [5.74, 6) is 0.861. The molecule has 0 aromatic carbocycles. The molecule has 86 valence electrons. The van der Waals surface area contributed by atoms with Crippen LogP contribution in [0.25, 0.3) is 0 Å². The average Bonchev–Trinajstić information content (AvgIpc) is 2.29. The quantitative estimate of drug-likeness (QED) is 0.587. The number of aromatic nitrogens is 1. The summed E-state index contributed by atoms with van der Waals surface area (Å²) in [6.45, 7) is 3.56. The van der Waals surface area contributed by atoms with Crippen LogP contribution in [-0.4, -0.2) is 23.9 Å². The van der Waals surface area contributed by atoms with E-state index in [1.807, 2.05) is 6.07 Å². The zero-order valence-electron chi connectivity index (χ0n) is 9.37. The average molecular weight is 239 g/mol. The predicted octanol–water partition coefficient (Wildman–Crippen LogP) is 2.93. The highest BCUT2D eigenvalue weighted by molar-refractivity contribution is 6.29. The maximum atomic E-state index is 11.3.